The summed E-state index contributed by atoms with van der Waals surface area (Å²) in [6.07, 6.45) is -0.479. The number of hydrogen-bond acceptors (Lipinski definition) is 4. The van der Waals surface area contributed by atoms with Crippen molar-refractivity contribution in [2.24, 2.45) is 5.73 Å². The number of hydrogen-bond donors (Lipinski definition) is 3. The van der Waals surface area contributed by atoms with E-state index in [-0.39, 0.29) is 0 Å². The fourth-order valence-corrected chi connectivity index (χ4v) is 0.694. The number of nitrogens with two attached hydrogens (primary N) is 1. The van der Waals surface area contributed by atoms with Crippen molar-refractivity contribution in [2.75, 3.05) is 19.8 Å². The van der Waals surface area contributed by atoms with Crippen LogP contribution in [0.2, 0.25) is 0 Å². The van der Waals surface area contributed by atoms with Crippen LogP contribution in [0.3, 0.4) is 0 Å². The van der Waals surface area contributed by atoms with E-state index in [1.54, 1.807) is 0 Å². The minimum absolute atomic E-state index is 0.361. The highest BCUT2D eigenvalue weighted by Crippen LogP contribution is 1.91. The van der Waals surface area contributed by atoms with Gasteiger partial charge in [-0.25, -0.2) is 0 Å². The Morgan fingerprint density at radius 2 is 2.17 bits per heavy atom. The highest BCUT2D eigenvalue weighted by molar-refractivity contribution is 4.70. The van der Waals surface area contributed by atoms with Crippen molar-refractivity contribution in [3.05, 3.63) is 0 Å². The maximum absolute atomic E-state index is 9.30. The molecule has 0 aliphatic rings. The molecule has 12 heavy (non-hydrogen) atoms. The van der Waals surface area contributed by atoms with Crippen molar-refractivity contribution < 1.29 is 9.84 Å². The summed E-state index contributed by atoms with van der Waals surface area (Å²) >= 11 is 0. The van der Waals surface area contributed by atoms with Gasteiger partial charge in [0.15, 0.2) is 0 Å². The Hall–Kier alpha value is -0.160. The van der Waals surface area contributed by atoms with E-state index >= 15 is 0 Å². The normalized spacial score (nSPS) is 14.8. The Labute approximate surface area is 74.1 Å². The van der Waals surface area contributed by atoms with Gasteiger partial charge in [-0.15, -0.1) is 0 Å². The smallest absolute Gasteiger partial charge is 0.0898 e. The van der Waals surface area contributed by atoms with E-state index in [0.29, 0.717) is 19.8 Å². The van der Waals surface area contributed by atoms with Gasteiger partial charge in [0.1, 0.15) is 0 Å². The van der Waals surface area contributed by atoms with Gasteiger partial charge >= 0.3 is 0 Å². The molecular weight excluding hydrogens is 156 g/mol. The number of ether oxygens (including phenoxy) is 1. The van der Waals surface area contributed by atoms with Gasteiger partial charge in [-0.1, -0.05) is 0 Å². The lowest BCUT2D eigenvalue weighted by atomic mass is 10.2. The second kappa shape index (κ2) is 5.48. The average Bonchev–Trinajstić information content (AvgIpc) is 1.95. The number of aliphatic hydroxyl groups is 1. The van der Waals surface area contributed by atoms with E-state index in [1.165, 1.54) is 0 Å². The van der Waals surface area contributed by atoms with Crippen molar-refractivity contribution in [1.82, 2.24) is 5.32 Å². The van der Waals surface area contributed by atoms with E-state index in [0.717, 1.165) is 0 Å². The van der Waals surface area contributed by atoms with Gasteiger partial charge in [-0.2, -0.15) is 0 Å². The summed E-state index contributed by atoms with van der Waals surface area (Å²) in [5, 5.41) is 12.3. The number of rotatable bonds is 6. The summed E-state index contributed by atoms with van der Waals surface area (Å²) < 4.78 is 5.03. The average molecular weight is 176 g/mol. The molecule has 0 aromatic carbocycles. The van der Waals surface area contributed by atoms with Crippen LogP contribution in [-0.2, 0) is 4.74 Å². The molecule has 4 heteroatoms. The topological polar surface area (TPSA) is 67.5 Å². The van der Waals surface area contributed by atoms with Crippen molar-refractivity contribution >= 4 is 0 Å². The van der Waals surface area contributed by atoms with Crippen molar-refractivity contribution in [2.45, 2.75) is 32.5 Å². The zero-order chi connectivity index (χ0) is 9.61. The molecule has 0 heterocycles. The van der Waals surface area contributed by atoms with E-state index in [9.17, 15) is 5.11 Å². The highest BCUT2D eigenvalue weighted by Gasteiger charge is 2.11. The van der Waals surface area contributed by atoms with Crippen molar-refractivity contribution in [3.63, 3.8) is 0 Å². The molecule has 0 aromatic rings. The van der Waals surface area contributed by atoms with Crippen LogP contribution < -0.4 is 11.1 Å². The van der Waals surface area contributed by atoms with Crippen LogP contribution in [0.25, 0.3) is 0 Å². The molecule has 0 aliphatic carbocycles. The Morgan fingerprint density at radius 1 is 1.58 bits per heavy atom. The predicted octanol–water partition coefficient (Wildman–Crippen LogP) is -0.332. The second-order valence-electron chi connectivity index (χ2n) is 3.42. The first-order valence-corrected chi connectivity index (χ1v) is 4.25. The molecule has 0 aromatic heterocycles. The summed E-state index contributed by atoms with van der Waals surface area (Å²) in [5.74, 6) is 0. The van der Waals surface area contributed by atoms with Gasteiger partial charge in [-0.05, 0) is 20.8 Å². The fourth-order valence-electron chi connectivity index (χ4n) is 0.694. The summed E-state index contributed by atoms with van der Waals surface area (Å²) in [6, 6.07) is 0. The van der Waals surface area contributed by atoms with Crippen LogP contribution >= 0.6 is 0 Å². The largest absolute Gasteiger partial charge is 0.389 e. The summed E-state index contributed by atoms with van der Waals surface area (Å²) in [7, 11) is 0. The monoisotopic (exact) mass is 176 g/mol. The molecule has 1 atom stereocenters. The predicted molar refractivity (Wildman–Crippen MR) is 48.8 cm³/mol. The van der Waals surface area contributed by atoms with Crippen molar-refractivity contribution in [3.8, 4) is 0 Å². The maximum Gasteiger partial charge on any atom is 0.0898 e. The van der Waals surface area contributed by atoms with Gasteiger partial charge in [0, 0.05) is 13.2 Å². The number of nitrogens with one attached hydrogen (secondary N) is 1. The second-order valence-corrected chi connectivity index (χ2v) is 3.42. The zero-order valence-corrected chi connectivity index (χ0v) is 8.13. The van der Waals surface area contributed by atoms with Gasteiger partial charge < -0.3 is 15.6 Å². The summed E-state index contributed by atoms with van der Waals surface area (Å²) in [6.45, 7) is 7.04. The molecule has 0 saturated carbocycles. The first kappa shape index (κ1) is 11.8. The molecule has 4 N–H and O–H groups in total. The highest BCUT2D eigenvalue weighted by atomic mass is 16.5. The quantitative estimate of drug-likeness (QED) is 0.485. The lowest BCUT2D eigenvalue weighted by Gasteiger charge is -2.22. The van der Waals surface area contributed by atoms with E-state index < -0.39 is 11.8 Å². The SMILES string of the molecule is CCOCC(O)CNC(C)(C)N. The van der Waals surface area contributed by atoms with Crippen LogP contribution in [0.15, 0.2) is 0 Å². The van der Waals surface area contributed by atoms with Crippen LogP contribution in [0.1, 0.15) is 20.8 Å². The third-order valence-electron chi connectivity index (χ3n) is 1.31. The van der Waals surface area contributed by atoms with Gasteiger partial charge in [-0.3, -0.25) is 5.32 Å². The summed E-state index contributed by atoms with van der Waals surface area (Å²) in [4.78, 5) is 0. The fraction of sp³-hybridized carbons (Fsp3) is 1.00. The molecule has 0 saturated heterocycles. The van der Waals surface area contributed by atoms with E-state index in [1.807, 2.05) is 20.8 Å². The van der Waals surface area contributed by atoms with Gasteiger partial charge in [0.05, 0.1) is 18.4 Å². The van der Waals surface area contributed by atoms with Crippen molar-refractivity contribution in [1.29, 1.82) is 0 Å². The Kier molecular flexibility index (Phi) is 5.41. The molecule has 74 valence electrons. The molecule has 0 radical (unpaired) electrons. The van der Waals surface area contributed by atoms with E-state index in [2.05, 4.69) is 5.32 Å². The molecule has 0 aliphatic heterocycles. The van der Waals surface area contributed by atoms with Crippen LogP contribution in [-0.4, -0.2) is 36.6 Å². The minimum atomic E-state index is -0.479. The standard InChI is InChI=1S/C8H20N2O2/c1-4-12-6-7(11)5-10-8(2,3)9/h7,10-11H,4-6,9H2,1-3H3. The third-order valence-corrected chi connectivity index (χ3v) is 1.31. The maximum atomic E-state index is 9.30. The Bertz CT molecular complexity index is 112. The molecule has 1 unspecified atom stereocenters. The lowest BCUT2D eigenvalue weighted by molar-refractivity contribution is 0.0393. The first-order valence-electron chi connectivity index (χ1n) is 4.25. The number of aliphatic hydroxyl groups excluding tert-OH is 1. The summed E-state index contributed by atoms with van der Waals surface area (Å²) in [5.41, 5.74) is 5.21. The van der Waals surface area contributed by atoms with E-state index in [4.69, 9.17) is 10.5 Å². The molecular formula is C8H20N2O2. The molecule has 0 bridgehead atoms. The molecule has 4 nitrogen and oxygen atoms in total. The molecule has 0 spiro atoms. The van der Waals surface area contributed by atoms with Gasteiger partial charge in [0.2, 0.25) is 0 Å². The third kappa shape index (κ3) is 7.94. The van der Waals surface area contributed by atoms with Crippen LogP contribution in [0.4, 0.5) is 0 Å². The Balaban J connectivity index is 3.37. The molecule has 0 amide bonds. The Morgan fingerprint density at radius 3 is 2.58 bits per heavy atom. The zero-order valence-electron chi connectivity index (χ0n) is 8.13. The first-order chi connectivity index (χ1) is 5.45. The van der Waals surface area contributed by atoms with Gasteiger partial charge in [0.25, 0.3) is 0 Å². The minimum Gasteiger partial charge on any atom is -0.389 e. The van der Waals surface area contributed by atoms with Crippen LogP contribution in [0.5, 0.6) is 0 Å². The lowest BCUT2D eigenvalue weighted by Crippen LogP contribution is -2.51. The molecule has 0 rings (SSSR count). The molecule has 0 fully saturated rings. The van der Waals surface area contributed by atoms with Crippen LogP contribution in [0, 0.1) is 0 Å².